The molecule has 1 aromatic rings. The van der Waals surface area contributed by atoms with Gasteiger partial charge in [0.15, 0.2) is 0 Å². The number of halogens is 2. The molecule has 1 aromatic carbocycles. The van der Waals surface area contributed by atoms with Crippen molar-refractivity contribution in [2.24, 2.45) is 11.8 Å². The Morgan fingerprint density at radius 1 is 1.50 bits per heavy atom. The minimum atomic E-state index is -0.222. The van der Waals surface area contributed by atoms with Crippen molar-refractivity contribution in [3.8, 4) is 0 Å². The van der Waals surface area contributed by atoms with E-state index in [1.54, 1.807) is 6.07 Å². The lowest BCUT2D eigenvalue weighted by Crippen LogP contribution is -2.30. The van der Waals surface area contributed by atoms with E-state index in [-0.39, 0.29) is 11.9 Å². The van der Waals surface area contributed by atoms with Gasteiger partial charge in [0.1, 0.15) is 5.82 Å². The first-order valence-electron chi connectivity index (χ1n) is 5.49. The standard InChI is InChI=1S/C12H18BrFN2/c1-3-8(2)6-12(16-15)10-5-4-9(13)7-11(10)14/h4-5,7-8,12,16H,3,6,15H2,1-2H3. The smallest absolute Gasteiger partial charge is 0.129 e. The van der Waals surface area contributed by atoms with Crippen molar-refractivity contribution in [1.29, 1.82) is 0 Å². The van der Waals surface area contributed by atoms with Crippen LogP contribution in [0.1, 0.15) is 38.3 Å². The molecule has 0 aliphatic heterocycles. The molecule has 0 amide bonds. The fourth-order valence-corrected chi connectivity index (χ4v) is 1.97. The Kier molecular flexibility index (Phi) is 5.38. The van der Waals surface area contributed by atoms with Crippen molar-refractivity contribution in [2.75, 3.05) is 0 Å². The van der Waals surface area contributed by atoms with Crippen molar-refractivity contribution in [1.82, 2.24) is 5.43 Å². The molecule has 90 valence electrons. The molecule has 0 radical (unpaired) electrons. The third kappa shape index (κ3) is 3.54. The number of nitrogens with one attached hydrogen (secondary N) is 1. The average molecular weight is 289 g/mol. The summed E-state index contributed by atoms with van der Waals surface area (Å²) in [6, 6.07) is 4.95. The monoisotopic (exact) mass is 288 g/mol. The van der Waals surface area contributed by atoms with Crippen LogP contribution in [0.5, 0.6) is 0 Å². The fraction of sp³-hybridized carbons (Fsp3) is 0.500. The highest BCUT2D eigenvalue weighted by molar-refractivity contribution is 9.10. The summed E-state index contributed by atoms with van der Waals surface area (Å²) in [6.07, 6.45) is 1.90. The zero-order valence-corrected chi connectivity index (χ0v) is 11.2. The van der Waals surface area contributed by atoms with Gasteiger partial charge in [-0.2, -0.15) is 0 Å². The number of nitrogens with two attached hydrogens (primary N) is 1. The summed E-state index contributed by atoms with van der Waals surface area (Å²) in [4.78, 5) is 0. The summed E-state index contributed by atoms with van der Waals surface area (Å²) >= 11 is 3.24. The molecule has 0 saturated heterocycles. The van der Waals surface area contributed by atoms with E-state index in [0.717, 1.165) is 17.3 Å². The Labute approximate surface area is 105 Å². The number of rotatable bonds is 5. The second-order valence-electron chi connectivity index (χ2n) is 4.13. The fourth-order valence-electron chi connectivity index (χ4n) is 1.64. The van der Waals surface area contributed by atoms with Crippen molar-refractivity contribution in [2.45, 2.75) is 32.7 Å². The minimum absolute atomic E-state index is 0.122. The lowest BCUT2D eigenvalue weighted by atomic mass is 9.94. The highest BCUT2D eigenvalue weighted by Crippen LogP contribution is 2.26. The summed E-state index contributed by atoms with van der Waals surface area (Å²) in [6.45, 7) is 4.26. The SMILES string of the molecule is CCC(C)CC(NN)c1ccc(Br)cc1F. The number of hydrazine groups is 1. The normalized spacial score (nSPS) is 14.8. The van der Waals surface area contributed by atoms with E-state index in [4.69, 9.17) is 5.84 Å². The average Bonchev–Trinajstić information content (AvgIpc) is 2.26. The van der Waals surface area contributed by atoms with Crippen LogP contribution < -0.4 is 11.3 Å². The maximum Gasteiger partial charge on any atom is 0.129 e. The first kappa shape index (κ1) is 13.6. The highest BCUT2D eigenvalue weighted by Gasteiger charge is 2.16. The summed E-state index contributed by atoms with van der Waals surface area (Å²) < 4.78 is 14.5. The molecule has 2 nitrogen and oxygen atoms in total. The second kappa shape index (κ2) is 6.33. The van der Waals surface area contributed by atoms with Gasteiger partial charge in [-0.1, -0.05) is 42.3 Å². The van der Waals surface area contributed by atoms with Gasteiger partial charge in [-0.05, 0) is 24.5 Å². The van der Waals surface area contributed by atoms with E-state index in [1.807, 2.05) is 6.07 Å². The third-order valence-electron chi connectivity index (χ3n) is 2.87. The first-order valence-corrected chi connectivity index (χ1v) is 6.28. The summed E-state index contributed by atoms with van der Waals surface area (Å²) in [5.74, 6) is 5.78. The molecule has 3 N–H and O–H groups in total. The van der Waals surface area contributed by atoms with Gasteiger partial charge in [0.25, 0.3) is 0 Å². The van der Waals surface area contributed by atoms with Crippen LogP contribution in [-0.2, 0) is 0 Å². The van der Waals surface area contributed by atoms with Crippen LogP contribution in [0.2, 0.25) is 0 Å². The molecule has 0 aromatic heterocycles. The second-order valence-corrected chi connectivity index (χ2v) is 5.05. The van der Waals surface area contributed by atoms with Crippen molar-refractivity contribution >= 4 is 15.9 Å². The molecule has 0 aliphatic rings. The zero-order valence-electron chi connectivity index (χ0n) is 9.63. The van der Waals surface area contributed by atoms with E-state index in [0.29, 0.717) is 11.5 Å². The van der Waals surface area contributed by atoms with E-state index in [2.05, 4.69) is 35.2 Å². The van der Waals surface area contributed by atoms with Gasteiger partial charge < -0.3 is 0 Å². The molecule has 2 unspecified atom stereocenters. The lowest BCUT2D eigenvalue weighted by molar-refractivity contribution is 0.397. The molecule has 0 heterocycles. The molecular formula is C12H18BrFN2. The summed E-state index contributed by atoms with van der Waals surface area (Å²) in [7, 11) is 0. The molecule has 0 bridgehead atoms. The van der Waals surface area contributed by atoms with Crippen molar-refractivity contribution in [3.05, 3.63) is 34.1 Å². The number of hydrogen-bond acceptors (Lipinski definition) is 2. The number of benzene rings is 1. The maximum atomic E-state index is 13.7. The molecule has 2 atom stereocenters. The molecule has 0 fully saturated rings. The van der Waals surface area contributed by atoms with E-state index in [9.17, 15) is 4.39 Å². The van der Waals surface area contributed by atoms with Gasteiger partial charge in [-0.3, -0.25) is 11.3 Å². The van der Waals surface area contributed by atoms with E-state index < -0.39 is 0 Å². The highest BCUT2D eigenvalue weighted by atomic mass is 79.9. The van der Waals surface area contributed by atoms with Crippen LogP contribution in [-0.4, -0.2) is 0 Å². The molecule has 0 saturated carbocycles. The summed E-state index contributed by atoms with van der Waals surface area (Å²) in [5.41, 5.74) is 3.32. The van der Waals surface area contributed by atoms with Crippen LogP contribution in [0.4, 0.5) is 4.39 Å². The lowest BCUT2D eigenvalue weighted by Gasteiger charge is -2.20. The molecular weight excluding hydrogens is 271 g/mol. The molecule has 16 heavy (non-hydrogen) atoms. The van der Waals surface area contributed by atoms with Gasteiger partial charge in [-0.25, -0.2) is 4.39 Å². The van der Waals surface area contributed by atoms with Gasteiger partial charge in [0, 0.05) is 16.1 Å². The van der Waals surface area contributed by atoms with Gasteiger partial charge in [-0.15, -0.1) is 0 Å². The van der Waals surface area contributed by atoms with E-state index in [1.165, 1.54) is 6.07 Å². The molecule has 4 heteroatoms. The Morgan fingerprint density at radius 3 is 2.69 bits per heavy atom. The predicted molar refractivity (Wildman–Crippen MR) is 68.2 cm³/mol. The minimum Gasteiger partial charge on any atom is -0.271 e. The van der Waals surface area contributed by atoms with E-state index >= 15 is 0 Å². The zero-order chi connectivity index (χ0) is 12.1. The maximum absolute atomic E-state index is 13.7. The van der Waals surface area contributed by atoms with Crippen molar-refractivity contribution < 1.29 is 4.39 Å². The topological polar surface area (TPSA) is 38.0 Å². The Hall–Kier alpha value is -0.450. The first-order chi connectivity index (χ1) is 7.58. The molecule has 0 aliphatic carbocycles. The Bertz CT molecular complexity index is 344. The van der Waals surface area contributed by atoms with Gasteiger partial charge in [0.05, 0.1) is 0 Å². The van der Waals surface area contributed by atoms with Crippen LogP contribution >= 0.6 is 15.9 Å². The number of hydrogen-bond donors (Lipinski definition) is 2. The summed E-state index contributed by atoms with van der Waals surface area (Å²) in [5, 5.41) is 0. The Balaban J connectivity index is 2.86. The third-order valence-corrected chi connectivity index (χ3v) is 3.37. The van der Waals surface area contributed by atoms with Crippen LogP contribution in [0.15, 0.2) is 22.7 Å². The molecule has 1 rings (SSSR count). The van der Waals surface area contributed by atoms with Crippen LogP contribution in [0.25, 0.3) is 0 Å². The van der Waals surface area contributed by atoms with Crippen LogP contribution in [0.3, 0.4) is 0 Å². The quantitative estimate of drug-likeness (QED) is 0.643. The van der Waals surface area contributed by atoms with Crippen LogP contribution in [0, 0.1) is 11.7 Å². The molecule has 0 spiro atoms. The Morgan fingerprint density at radius 2 is 2.19 bits per heavy atom. The largest absolute Gasteiger partial charge is 0.271 e. The van der Waals surface area contributed by atoms with Gasteiger partial charge >= 0.3 is 0 Å². The van der Waals surface area contributed by atoms with Crippen molar-refractivity contribution in [3.63, 3.8) is 0 Å². The predicted octanol–water partition coefficient (Wildman–Crippen LogP) is 3.53. The van der Waals surface area contributed by atoms with Gasteiger partial charge in [0.2, 0.25) is 0 Å².